The van der Waals surface area contributed by atoms with Crippen molar-refractivity contribution in [1.82, 2.24) is 4.98 Å². The summed E-state index contributed by atoms with van der Waals surface area (Å²) in [5.41, 5.74) is 3.05. The Labute approximate surface area is 188 Å². The van der Waals surface area contributed by atoms with E-state index in [1.807, 2.05) is 30.5 Å². The lowest BCUT2D eigenvalue weighted by Gasteiger charge is -2.14. The van der Waals surface area contributed by atoms with Gasteiger partial charge in [-0.05, 0) is 38.3 Å². The molecule has 1 saturated carbocycles. The monoisotopic (exact) mass is 445 g/mol. The third-order valence-electron chi connectivity index (χ3n) is 5.58. The van der Waals surface area contributed by atoms with E-state index in [1.54, 1.807) is 0 Å². The number of hydrogen-bond acceptors (Lipinski definition) is 5. The molecule has 1 aromatic carbocycles. The van der Waals surface area contributed by atoms with Gasteiger partial charge in [-0.2, -0.15) is 12.6 Å². The molecule has 3 rings (SSSR count). The van der Waals surface area contributed by atoms with Crippen molar-refractivity contribution >= 4 is 46.6 Å². The van der Waals surface area contributed by atoms with E-state index in [4.69, 9.17) is 0 Å². The lowest BCUT2D eigenvalue weighted by molar-refractivity contribution is 0.0923. The number of aromatic nitrogens is 1. The summed E-state index contributed by atoms with van der Waals surface area (Å²) in [7, 11) is 0. The second-order valence-corrected chi connectivity index (χ2v) is 9.54. The first-order valence-electron chi connectivity index (χ1n) is 10.8. The zero-order valence-corrected chi connectivity index (χ0v) is 19.5. The number of anilines is 2. The predicted molar refractivity (Wildman–Crippen MR) is 128 cm³/mol. The summed E-state index contributed by atoms with van der Waals surface area (Å²) in [6.45, 7) is 4.14. The number of urea groups is 1. The zero-order chi connectivity index (χ0) is 21.5. The number of thiazole rings is 1. The van der Waals surface area contributed by atoms with E-state index in [0.717, 1.165) is 49.8 Å². The van der Waals surface area contributed by atoms with Gasteiger partial charge in [0.25, 0.3) is 0 Å². The third kappa shape index (κ3) is 6.08. The maximum absolute atomic E-state index is 13.0. The number of nitrogens with one attached hydrogen (secondary N) is 2. The van der Waals surface area contributed by atoms with Gasteiger partial charge in [-0.15, -0.1) is 11.3 Å². The number of unbranched alkanes of at least 4 members (excludes halogenated alkanes) is 2. The van der Waals surface area contributed by atoms with Gasteiger partial charge in [-0.1, -0.05) is 50.7 Å². The molecule has 0 aliphatic heterocycles. The van der Waals surface area contributed by atoms with Gasteiger partial charge in [0, 0.05) is 22.1 Å². The van der Waals surface area contributed by atoms with Crippen LogP contribution in [0.3, 0.4) is 0 Å². The maximum Gasteiger partial charge on any atom is 0.325 e. The summed E-state index contributed by atoms with van der Waals surface area (Å²) in [4.78, 5) is 30.0. The van der Waals surface area contributed by atoms with Crippen LogP contribution < -0.4 is 10.6 Å². The molecule has 1 unspecified atom stereocenters. The summed E-state index contributed by atoms with van der Waals surface area (Å²) in [5, 5.41) is 8.21. The molecule has 1 aliphatic rings. The molecule has 5 nitrogen and oxygen atoms in total. The van der Waals surface area contributed by atoms with Gasteiger partial charge >= 0.3 is 6.03 Å². The molecule has 1 aromatic heterocycles. The van der Waals surface area contributed by atoms with Crippen LogP contribution in [0.5, 0.6) is 0 Å². The van der Waals surface area contributed by atoms with E-state index in [0.29, 0.717) is 16.4 Å². The lowest BCUT2D eigenvalue weighted by atomic mass is 9.94. The number of rotatable bonds is 9. The highest BCUT2D eigenvalue weighted by Gasteiger charge is 2.26. The third-order valence-corrected chi connectivity index (χ3v) is 6.88. The van der Waals surface area contributed by atoms with Crippen LogP contribution in [-0.4, -0.2) is 16.8 Å². The topological polar surface area (TPSA) is 71.1 Å². The Hall–Kier alpha value is -1.86. The van der Waals surface area contributed by atoms with Gasteiger partial charge in [-0.3, -0.25) is 10.1 Å². The average Bonchev–Trinajstić information content (AvgIpc) is 3.41. The van der Waals surface area contributed by atoms with Crippen molar-refractivity contribution in [2.75, 3.05) is 10.6 Å². The van der Waals surface area contributed by atoms with E-state index in [-0.39, 0.29) is 23.0 Å². The summed E-state index contributed by atoms with van der Waals surface area (Å²) in [6.07, 6.45) is 8.53. The Balaban J connectivity index is 1.63. The van der Waals surface area contributed by atoms with Crippen LogP contribution in [0, 0.1) is 12.8 Å². The second kappa shape index (κ2) is 11.0. The molecular weight excluding hydrogens is 414 g/mol. The Morgan fingerprint density at radius 3 is 2.73 bits per heavy atom. The number of ketones is 1. The number of benzene rings is 1. The largest absolute Gasteiger partial charge is 0.325 e. The summed E-state index contributed by atoms with van der Waals surface area (Å²) >= 11 is 6.03. The lowest BCUT2D eigenvalue weighted by Crippen LogP contribution is -2.22. The van der Waals surface area contributed by atoms with Crippen LogP contribution in [0.1, 0.15) is 85.2 Å². The van der Waals surface area contributed by atoms with Crippen molar-refractivity contribution in [1.29, 1.82) is 0 Å². The molecular formula is C23H31N3O2S2. The van der Waals surface area contributed by atoms with Crippen LogP contribution in [-0.2, 0) is 0 Å². The minimum Gasteiger partial charge on any atom is -0.307 e. The summed E-state index contributed by atoms with van der Waals surface area (Å²) < 4.78 is 0. The molecule has 2 amide bonds. The average molecular weight is 446 g/mol. The van der Waals surface area contributed by atoms with Crippen molar-refractivity contribution < 1.29 is 9.59 Å². The van der Waals surface area contributed by atoms with E-state index in [2.05, 4.69) is 35.2 Å². The number of thiol groups is 1. The normalized spacial score (nSPS) is 15.2. The first-order chi connectivity index (χ1) is 14.5. The second-order valence-electron chi connectivity index (χ2n) is 8.06. The Morgan fingerprint density at radius 1 is 1.23 bits per heavy atom. The quantitative estimate of drug-likeness (QED) is 0.221. The molecule has 0 saturated heterocycles. The molecule has 0 bridgehead atoms. The number of hydrogen-bond donors (Lipinski definition) is 3. The van der Waals surface area contributed by atoms with Crippen LogP contribution >= 0.6 is 24.0 Å². The first kappa shape index (κ1) is 22.8. The van der Waals surface area contributed by atoms with Crippen molar-refractivity contribution in [3.63, 3.8) is 0 Å². The molecule has 0 spiro atoms. The van der Waals surface area contributed by atoms with Gasteiger partial charge in [0.1, 0.15) is 0 Å². The smallest absolute Gasteiger partial charge is 0.307 e. The van der Waals surface area contributed by atoms with Gasteiger partial charge in [0.15, 0.2) is 10.9 Å². The van der Waals surface area contributed by atoms with Crippen LogP contribution in [0.2, 0.25) is 0 Å². The number of carbonyl (C=O) groups is 2. The molecule has 1 aliphatic carbocycles. The fourth-order valence-electron chi connectivity index (χ4n) is 3.86. The van der Waals surface area contributed by atoms with Gasteiger partial charge in [0.05, 0.1) is 11.4 Å². The summed E-state index contributed by atoms with van der Waals surface area (Å²) in [5.74, 6) is 0.199. The summed E-state index contributed by atoms with van der Waals surface area (Å²) in [6, 6.07) is 5.20. The Morgan fingerprint density at radius 2 is 2.00 bits per heavy atom. The number of carbonyl (C=O) groups excluding carboxylic acids is 2. The first-order valence-corrected chi connectivity index (χ1v) is 12.2. The molecule has 30 heavy (non-hydrogen) atoms. The minimum atomic E-state index is -0.387. The molecule has 0 radical (unpaired) electrons. The van der Waals surface area contributed by atoms with E-state index in [1.165, 1.54) is 24.2 Å². The van der Waals surface area contributed by atoms with E-state index < -0.39 is 0 Å². The number of aryl methyl sites for hydroxylation is 1. The Kier molecular flexibility index (Phi) is 8.33. The number of Topliss-reactive ketones (excluding diaryl/α,β-unsaturated/α-hetero) is 1. The van der Waals surface area contributed by atoms with Gasteiger partial charge < -0.3 is 5.32 Å². The molecule has 1 heterocycles. The van der Waals surface area contributed by atoms with Crippen molar-refractivity contribution in [2.24, 2.45) is 5.92 Å². The highest BCUT2D eigenvalue weighted by Crippen LogP contribution is 2.32. The number of nitrogens with zero attached hydrogens (tertiary/aromatic N) is 1. The highest BCUT2D eigenvalue weighted by molar-refractivity contribution is 7.80. The number of amides is 2. The van der Waals surface area contributed by atoms with E-state index >= 15 is 0 Å². The maximum atomic E-state index is 13.0. The van der Waals surface area contributed by atoms with Gasteiger partial charge in [0.2, 0.25) is 0 Å². The molecule has 7 heteroatoms. The SMILES string of the molecule is CCCCCC(S)c1csc(NC(=O)Nc2ccc(C)cc2C(=O)C2CCCC2)n1. The van der Waals surface area contributed by atoms with Crippen LogP contribution in [0.25, 0.3) is 0 Å². The highest BCUT2D eigenvalue weighted by atomic mass is 32.1. The molecule has 162 valence electrons. The molecule has 2 N–H and O–H groups in total. The molecule has 1 fully saturated rings. The predicted octanol–water partition coefficient (Wildman–Crippen LogP) is 7.02. The zero-order valence-electron chi connectivity index (χ0n) is 17.7. The van der Waals surface area contributed by atoms with Crippen LogP contribution in [0.4, 0.5) is 15.6 Å². The fraction of sp³-hybridized carbons (Fsp3) is 0.522. The van der Waals surface area contributed by atoms with Crippen LogP contribution in [0.15, 0.2) is 23.6 Å². The van der Waals surface area contributed by atoms with E-state index in [9.17, 15) is 9.59 Å². The standard InChI is InChI=1S/C23H31N3O2S2/c1-3-4-5-10-20(29)19-14-30-23(25-19)26-22(28)24-18-12-11-15(2)13-17(18)21(27)16-8-6-7-9-16/h11-14,16,20,29H,3-10H2,1-2H3,(H2,24,25,26,28). The minimum absolute atomic E-state index is 0.0666. The molecule has 1 atom stereocenters. The van der Waals surface area contributed by atoms with Crippen molar-refractivity contribution in [2.45, 2.75) is 70.5 Å². The molecule has 2 aromatic rings. The fourth-order valence-corrected chi connectivity index (χ4v) is 5.04. The van der Waals surface area contributed by atoms with Gasteiger partial charge in [-0.25, -0.2) is 9.78 Å². The van der Waals surface area contributed by atoms with Crippen molar-refractivity contribution in [3.05, 3.63) is 40.4 Å². The Bertz CT molecular complexity index is 875. The van der Waals surface area contributed by atoms with Crippen molar-refractivity contribution in [3.8, 4) is 0 Å².